The Labute approximate surface area is 132 Å². The summed E-state index contributed by atoms with van der Waals surface area (Å²) in [5, 5.41) is 3.28. The Balaban J connectivity index is 1.74. The smallest absolute Gasteiger partial charge is 0.410 e. The molecule has 0 radical (unpaired) electrons. The molecule has 2 rings (SSSR count). The Morgan fingerprint density at radius 1 is 1.41 bits per heavy atom. The molecule has 1 fully saturated rings. The van der Waals surface area contributed by atoms with Gasteiger partial charge in [-0.1, -0.05) is 0 Å². The number of nitrogens with one attached hydrogen (secondary N) is 1. The monoisotopic (exact) mass is 306 g/mol. The molecule has 1 aromatic rings. The second-order valence-electron chi connectivity index (χ2n) is 6.81. The molecule has 1 amide bonds. The van der Waals surface area contributed by atoms with Crippen LogP contribution in [0.2, 0.25) is 0 Å². The first kappa shape index (κ1) is 16.5. The van der Waals surface area contributed by atoms with Gasteiger partial charge in [0, 0.05) is 31.5 Å². The molecule has 0 unspecified atom stereocenters. The maximum Gasteiger partial charge on any atom is 0.410 e. The fraction of sp³-hybridized carbons (Fsp3) is 0.688. The van der Waals surface area contributed by atoms with E-state index in [1.807, 2.05) is 33.8 Å². The van der Waals surface area contributed by atoms with Gasteiger partial charge in [0.25, 0.3) is 0 Å². The number of carbonyl (C=O) groups excluding carboxylic acids is 1. The van der Waals surface area contributed by atoms with Crippen molar-refractivity contribution in [1.82, 2.24) is 14.9 Å². The molecule has 0 spiro atoms. The summed E-state index contributed by atoms with van der Waals surface area (Å²) in [4.78, 5) is 22.3. The van der Waals surface area contributed by atoms with Crippen LogP contribution in [0.25, 0.3) is 0 Å². The first-order valence-corrected chi connectivity index (χ1v) is 7.85. The highest BCUT2D eigenvalue weighted by Gasteiger charge is 2.26. The molecule has 0 atom stereocenters. The molecular formula is C16H26N4O2. The van der Waals surface area contributed by atoms with Crippen LogP contribution >= 0.6 is 0 Å². The number of aromatic nitrogens is 2. The Morgan fingerprint density at radius 2 is 2.09 bits per heavy atom. The number of carbonyl (C=O) groups is 1. The van der Waals surface area contributed by atoms with Crippen LogP contribution in [0.3, 0.4) is 0 Å². The van der Waals surface area contributed by atoms with Gasteiger partial charge in [-0.15, -0.1) is 0 Å². The second-order valence-corrected chi connectivity index (χ2v) is 6.81. The van der Waals surface area contributed by atoms with Crippen molar-refractivity contribution in [3.05, 3.63) is 18.0 Å². The summed E-state index contributed by atoms with van der Waals surface area (Å²) < 4.78 is 5.41. The van der Waals surface area contributed by atoms with E-state index in [1.54, 1.807) is 11.1 Å². The lowest BCUT2D eigenvalue weighted by atomic mass is 9.97. The van der Waals surface area contributed by atoms with Gasteiger partial charge < -0.3 is 15.0 Å². The van der Waals surface area contributed by atoms with E-state index in [0.717, 1.165) is 38.2 Å². The Bertz CT molecular complexity index is 505. The zero-order valence-corrected chi connectivity index (χ0v) is 13.9. The molecule has 122 valence electrons. The van der Waals surface area contributed by atoms with Gasteiger partial charge in [0.05, 0.1) is 0 Å². The van der Waals surface area contributed by atoms with Crippen molar-refractivity contribution < 1.29 is 9.53 Å². The fourth-order valence-electron chi connectivity index (χ4n) is 2.42. The van der Waals surface area contributed by atoms with Gasteiger partial charge in [-0.3, -0.25) is 0 Å². The highest BCUT2D eigenvalue weighted by molar-refractivity contribution is 5.68. The molecule has 6 heteroatoms. The number of aryl methyl sites for hydroxylation is 1. The van der Waals surface area contributed by atoms with E-state index >= 15 is 0 Å². The van der Waals surface area contributed by atoms with Crippen LogP contribution in [0, 0.1) is 12.8 Å². The lowest BCUT2D eigenvalue weighted by molar-refractivity contribution is 0.0188. The number of nitrogens with zero attached hydrogens (tertiary/aromatic N) is 3. The van der Waals surface area contributed by atoms with Crippen LogP contribution in [-0.2, 0) is 4.74 Å². The summed E-state index contributed by atoms with van der Waals surface area (Å²) >= 11 is 0. The maximum atomic E-state index is 12.0. The number of hydrogen-bond donors (Lipinski definition) is 1. The van der Waals surface area contributed by atoms with E-state index < -0.39 is 5.60 Å². The molecule has 1 saturated heterocycles. The van der Waals surface area contributed by atoms with Crippen LogP contribution in [0.4, 0.5) is 10.7 Å². The van der Waals surface area contributed by atoms with Gasteiger partial charge in [0.2, 0.25) is 5.95 Å². The van der Waals surface area contributed by atoms with E-state index in [4.69, 9.17) is 4.74 Å². The molecule has 1 N–H and O–H groups in total. The topological polar surface area (TPSA) is 67.4 Å². The average molecular weight is 306 g/mol. The first-order chi connectivity index (χ1) is 10.3. The van der Waals surface area contributed by atoms with Crippen LogP contribution < -0.4 is 5.32 Å². The van der Waals surface area contributed by atoms with Crippen molar-refractivity contribution >= 4 is 12.0 Å². The SMILES string of the molecule is Cc1ccnc(NCC2CCN(C(=O)OC(C)(C)C)CC2)n1. The summed E-state index contributed by atoms with van der Waals surface area (Å²) in [6, 6.07) is 1.88. The fourth-order valence-corrected chi connectivity index (χ4v) is 2.42. The Kier molecular flexibility index (Phi) is 5.21. The molecule has 22 heavy (non-hydrogen) atoms. The zero-order valence-electron chi connectivity index (χ0n) is 13.9. The van der Waals surface area contributed by atoms with E-state index in [1.165, 1.54) is 0 Å². The summed E-state index contributed by atoms with van der Waals surface area (Å²) in [6.45, 7) is 9.96. The van der Waals surface area contributed by atoms with Crippen molar-refractivity contribution in [3.8, 4) is 0 Å². The molecule has 0 aliphatic carbocycles. The molecule has 6 nitrogen and oxygen atoms in total. The Hall–Kier alpha value is -1.85. The van der Waals surface area contributed by atoms with E-state index in [0.29, 0.717) is 11.9 Å². The van der Waals surface area contributed by atoms with Crippen molar-refractivity contribution in [2.24, 2.45) is 5.92 Å². The normalized spacial score (nSPS) is 16.5. The predicted octanol–water partition coefficient (Wildman–Crippen LogP) is 2.84. The molecule has 1 aliphatic heterocycles. The quantitative estimate of drug-likeness (QED) is 0.930. The molecule has 1 aromatic heterocycles. The van der Waals surface area contributed by atoms with Gasteiger partial charge in [-0.25, -0.2) is 14.8 Å². The maximum absolute atomic E-state index is 12.0. The number of anilines is 1. The lowest BCUT2D eigenvalue weighted by Gasteiger charge is -2.33. The third-order valence-corrected chi connectivity index (χ3v) is 3.61. The molecule has 0 saturated carbocycles. The minimum absolute atomic E-state index is 0.207. The predicted molar refractivity (Wildman–Crippen MR) is 85.8 cm³/mol. The molecule has 0 bridgehead atoms. The largest absolute Gasteiger partial charge is 0.444 e. The Morgan fingerprint density at radius 3 is 2.68 bits per heavy atom. The standard InChI is InChI=1S/C16H26N4O2/c1-12-5-8-17-14(19-12)18-11-13-6-9-20(10-7-13)15(21)22-16(2,3)4/h5,8,13H,6-7,9-11H2,1-4H3,(H,17,18,19). The average Bonchev–Trinajstić information content (AvgIpc) is 2.44. The van der Waals surface area contributed by atoms with Crippen LogP contribution in [0.1, 0.15) is 39.3 Å². The van der Waals surface area contributed by atoms with Crippen LogP contribution in [-0.4, -0.2) is 46.2 Å². The third-order valence-electron chi connectivity index (χ3n) is 3.61. The van der Waals surface area contributed by atoms with Gasteiger partial charge >= 0.3 is 6.09 Å². The molecular weight excluding hydrogens is 280 g/mol. The van der Waals surface area contributed by atoms with Crippen molar-refractivity contribution in [3.63, 3.8) is 0 Å². The third kappa shape index (κ3) is 5.16. The number of hydrogen-bond acceptors (Lipinski definition) is 5. The highest BCUT2D eigenvalue weighted by atomic mass is 16.6. The number of ether oxygens (including phenoxy) is 1. The van der Waals surface area contributed by atoms with E-state index in [9.17, 15) is 4.79 Å². The first-order valence-electron chi connectivity index (χ1n) is 7.85. The van der Waals surface area contributed by atoms with Crippen LogP contribution in [0.15, 0.2) is 12.3 Å². The van der Waals surface area contributed by atoms with Crippen molar-refractivity contribution in [2.75, 3.05) is 25.0 Å². The molecule has 1 aliphatic rings. The number of piperidine rings is 1. The van der Waals surface area contributed by atoms with E-state index in [2.05, 4.69) is 15.3 Å². The molecule has 0 aromatic carbocycles. The van der Waals surface area contributed by atoms with Gasteiger partial charge in [-0.2, -0.15) is 0 Å². The van der Waals surface area contributed by atoms with Crippen molar-refractivity contribution in [2.45, 2.75) is 46.1 Å². The second kappa shape index (κ2) is 6.94. The highest BCUT2D eigenvalue weighted by Crippen LogP contribution is 2.20. The van der Waals surface area contributed by atoms with Gasteiger partial charge in [0.1, 0.15) is 5.60 Å². The minimum atomic E-state index is -0.433. The molecule has 2 heterocycles. The van der Waals surface area contributed by atoms with Gasteiger partial charge in [0.15, 0.2) is 0 Å². The number of likely N-dealkylation sites (tertiary alicyclic amines) is 1. The number of rotatable bonds is 3. The summed E-state index contributed by atoms with van der Waals surface area (Å²) in [6.07, 6.45) is 3.49. The minimum Gasteiger partial charge on any atom is -0.444 e. The zero-order chi connectivity index (χ0) is 16.2. The summed E-state index contributed by atoms with van der Waals surface area (Å²) in [5.41, 5.74) is 0.523. The summed E-state index contributed by atoms with van der Waals surface area (Å²) in [5.74, 6) is 1.21. The summed E-state index contributed by atoms with van der Waals surface area (Å²) in [7, 11) is 0. The van der Waals surface area contributed by atoms with Crippen molar-refractivity contribution in [1.29, 1.82) is 0 Å². The number of amides is 1. The van der Waals surface area contributed by atoms with E-state index in [-0.39, 0.29) is 6.09 Å². The van der Waals surface area contributed by atoms with Gasteiger partial charge in [-0.05, 0) is 52.5 Å². The lowest BCUT2D eigenvalue weighted by Crippen LogP contribution is -2.42. The van der Waals surface area contributed by atoms with Crippen LogP contribution in [0.5, 0.6) is 0 Å².